The fraction of sp³-hybridized carbons (Fsp3) is 0.519. The maximum Gasteiger partial charge on any atom is 0.303 e. The maximum atomic E-state index is 12.8. The lowest BCUT2D eigenvalue weighted by atomic mass is 9.91. The molecule has 2 fully saturated rings. The van der Waals surface area contributed by atoms with Gasteiger partial charge in [-0.1, -0.05) is 44.2 Å². The smallest absolute Gasteiger partial charge is 0.303 e. The van der Waals surface area contributed by atoms with E-state index in [1.807, 2.05) is 19.1 Å². The highest BCUT2D eigenvalue weighted by molar-refractivity contribution is 5.94. The van der Waals surface area contributed by atoms with Crippen LogP contribution in [0.1, 0.15) is 45.6 Å². The molecular weight excluding hydrogens is 468 g/mol. The molecule has 0 amide bonds. The van der Waals surface area contributed by atoms with Crippen LogP contribution in [0.2, 0.25) is 0 Å². The fourth-order valence-corrected chi connectivity index (χ4v) is 4.20. The number of carbonyl (C=O) groups is 3. The van der Waals surface area contributed by atoms with E-state index in [-0.39, 0.29) is 18.8 Å². The average Bonchev–Trinajstić information content (AvgIpc) is 2.84. The van der Waals surface area contributed by atoms with E-state index < -0.39 is 48.7 Å². The molecule has 0 spiro atoms. The zero-order valence-corrected chi connectivity index (χ0v) is 20.9. The number of benzene rings is 1. The molecule has 0 N–H and O–H groups in total. The highest BCUT2D eigenvalue weighted by Crippen LogP contribution is 2.34. The first kappa shape index (κ1) is 27.6. The number of esters is 2. The van der Waals surface area contributed by atoms with Gasteiger partial charge in [0.05, 0.1) is 6.61 Å². The molecule has 0 bridgehead atoms. The van der Waals surface area contributed by atoms with Crippen LogP contribution in [0.5, 0.6) is 5.75 Å². The van der Waals surface area contributed by atoms with Crippen LogP contribution in [0.25, 0.3) is 6.08 Å². The van der Waals surface area contributed by atoms with Gasteiger partial charge >= 0.3 is 11.9 Å². The van der Waals surface area contributed by atoms with Crippen LogP contribution in [-0.4, -0.2) is 67.7 Å². The highest BCUT2D eigenvalue weighted by Gasteiger charge is 2.53. The number of fused-ring (bicyclic) bond motifs is 1. The third-order valence-corrected chi connectivity index (χ3v) is 5.73. The summed E-state index contributed by atoms with van der Waals surface area (Å²) in [5.74, 6) is -0.679. The number of rotatable bonds is 11. The second-order valence-corrected chi connectivity index (χ2v) is 8.69. The quantitative estimate of drug-likeness (QED) is 0.256. The van der Waals surface area contributed by atoms with Gasteiger partial charge in [0, 0.05) is 20.3 Å². The Bertz CT molecular complexity index is 939. The number of hydrogen-bond acceptors (Lipinski definition) is 9. The Balaban J connectivity index is 1.73. The van der Waals surface area contributed by atoms with E-state index in [1.54, 1.807) is 24.3 Å². The van der Waals surface area contributed by atoms with E-state index >= 15 is 0 Å². The Hall–Kier alpha value is -3.01. The van der Waals surface area contributed by atoms with Crippen LogP contribution >= 0.6 is 0 Å². The summed E-state index contributed by atoms with van der Waals surface area (Å²) in [6.07, 6.45) is 1.64. The van der Waals surface area contributed by atoms with Gasteiger partial charge in [-0.15, -0.1) is 0 Å². The minimum atomic E-state index is -1.01. The van der Waals surface area contributed by atoms with Crippen molar-refractivity contribution in [2.75, 3.05) is 13.2 Å². The molecule has 1 aromatic carbocycles. The van der Waals surface area contributed by atoms with Crippen LogP contribution in [0.15, 0.2) is 43.0 Å². The molecule has 2 aliphatic rings. The predicted octanol–water partition coefficient (Wildman–Crippen LogP) is 3.40. The molecule has 3 rings (SSSR count). The molecule has 196 valence electrons. The summed E-state index contributed by atoms with van der Waals surface area (Å²) in [7, 11) is 0. The molecule has 1 aromatic rings. The first-order valence-electron chi connectivity index (χ1n) is 12.1. The predicted molar refractivity (Wildman–Crippen MR) is 130 cm³/mol. The van der Waals surface area contributed by atoms with Crippen molar-refractivity contribution >= 4 is 23.8 Å². The fourth-order valence-electron chi connectivity index (χ4n) is 4.20. The topological polar surface area (TPSA) is 107 Å². The molecule has 9 nitrogen and oxygen atoms in total. The lowest BCUT2D eigenvalue weighted by molar-refractivity contribution is -0.327. The van der Waals surface area contributed by atoms with Gasteiger partial charge in [0.15, 0.2) is 24.3 Å². The monoisotopic (exact) mass is 502 g/mol. The summed E-state index contributed by atoms with van der Waals surface area (Å²) in [4.78, 5) is 36.7. The number of hydrogen-bond donors (Lipinski definition) is 0. The number of allylic oxidation sites excluding steroid dienone is 1. The van der Waals surface area contributed by atoms with Crippen LogP contribution in [0, 0.1) is 0 Å². The summed E-state index contributed by atoms with van der Waals surface area (Å²) in [6, 6.07) is 7.25. The number of carbonyl (C=O) groups excluding carboxylic acids is 3. The Kier molecular flexibility index (Phi) is 10.2. The molecule has 0 saturated carbocycles. The first-order valence-corrected chi connectivity index (χ1v) is 12.1. The molecule has 0 aliphatic carbocycles. The van der Waals surface area contributed by atoms with Crippen molar-refractivity contribution in [2.45, 2.75) is 76.8 Å². The largest absolute Gasteiger partial charge is 0.490 e. The Labute approximate surface area is 211 Å². The molecule has 4 unspecified atom stereocenters. The van der Waals surface area contributed by atoms with Crippen LogP contribution in [0.3, 0.4) is 0 Å². The lowest BCUT2D eigenvalue weighted by Crippen LogP contribution is -2.64. The maximum absolute atomic E-state index is 12.8. The third-order valence-electron chi connectivity index (χ3n) is 5.73. The second-order valence-electron chi connectivity index (χ2n) is 8.69. The molecule has 2 heterocycles. The molecule has 9 heteroatoms. The Morgan fingerprint density at radius 2 is 1.75 bits per heavy atom. The number of ether oxygens (including phenoxy) is 6. The van der Waals surface area contributed by atoms with Gasteiger partial charge < -0.3 is 28.4 Å². The van der Waals surface area contributed by atoms with E-state index in [9.17, 15) is 14.4 Å². The van der Waals surface area contributed by atoms with E-state index in [2.05, 4.69) is 6.58 Å². The van der Waals surface area contributed by atoms with Gasteiger partial charge in [-0.25, -0.2) is 0 Å². The van der Waals surface area contributed by atoms with Crippen molar-refractivity contribution < 1.29 is 42.8 Å². The zero-order chi connectivity index (χ0) is 26.1. The van der Waals surface area contributed by atoms with Crippen molar-refractivity contribution in [2.24, 2.45) is 0 Å². The van der Waals surface area contributed by atoms with Crippen molar-refractivity contribution in [3.63, 3.8) is 0 Å². The van der Waals surface area contributed by atoms with Gasteiger partial charge in [-0.2, -0.15) is 0 Å². The van der Waals surface area contributed by atoms with E-state index in [4.69, 9.17) is 28.4 Å². The normalized spacial score (nSPS) is 27.6. The van der Waals surface area contributed by atoms with Crippen molar-refractivity contribution in [3.05, 3.63) is 48.6 Å². The average molecular weight is 503 g/mol. The first-order chi connectivity index (χ1) is 17.3. The summed E-state index contributed by atoms with van der Waals surface area (Å²) in [6.45, 7) is 8.76. The SMILES string of the molecule is C=CCOc1ccc(/C=C/C(=O)C[C@@H]2OC3COC(CCC)O[C@H]3C(OC(C)=O)C2OC(C)=O)cc1. The summed E-state index contributed by atoms with van der Waals surface area (Å²) in [5, 5.41) is 0. The van der Waals surface area contributed by atoms with Gasteiger partial charge in [0.1, 0.15) is 30.7 Å². The molecule has 2 aliphatic heterocycles. The van der Waals surface area contributed by atoms with Crippen LogP contribution in [-0.2, 0) is 38.1 Å². The van der Waals surface area contributed by atoms with Crippen molar-refractivity contribution in [3.8, 4) is 5.75 Å². The Morgan fingerprint density at radius 1 is 1.06 bits per heavy atom. The zero-order valence-electron chi connectivity index (χ0n) is 20.9. The lowest BCUT2D eigenvalue weighted by Gasteiger charge is -2.48. The minimum absolute atomic E-state index is 0.0889. The van der Waals surface area contributed by atoms with Crippen LogP contribution in [0.4, 0.5) is 0 Å². The number of ketones is 1. The minimum Gasteiger partial charge on any atom is -0.490 e. The van der Waals surface area contributed by atoms with Crippen molar-refractivity contribution in [1.82, 2.24) is 0 Å². The van der Waals surface area contributed by atoms with Gasteiger partial charge in [-0.05, 0) is 30.2 Å². The molecule has 0 radical (unpaired) electrons. The van der Waals surface area contributed by atoms with Crippen molar-refractivity contribution in [1.29, 1.82) is 0 Å². The van der Waals surface area contributed by atoms with E-state index in [0.29, 0.717) is 18.8 Å². The molecule has 0 aromatic heterocycles. The van der Waals surface area contributed by atoms with Gasteiger partial charge in [0.2, 0.25) is 0 Å². The van der Waals surface area contributed by atoms with Crippen LogP contribution < -0.4 is 4.74 Å². The van der Waals surface area contributed by atoms with Gasteiger partial charge in [-0.3, -0.25) is 14.4 Å². The third kappa shape index (κ3) is 7.74. The summed E-state index contributed by atoms with van der Waals surface area (Å²) >= 11 is 0. The van der Waals surface area contributed by atoms with Gasteiger partial charge in [0.25, 0.3) is 0 Å². The molecule has 36 heavy (non-hydrogen) atoms. The molecule has 6 atom stereocenters. The van der Waals surface area contributed by atoms with E-state index in [1.165, 1.54) is 19.9 Å². The summed E-state index contributed by atoms with van der Waals surface area (Å²) in [5.41, 5.74) is 0.810. The second kappa shape index (κ2) is 13.3. The standard InChI is InChI=1S/C27H34O9/c1-5-7-24-32-16-23-26(36-24)27(34-18(4)29)25(33-17(3)28)22(35-23)15-20(30)11-8-19-9-12-21(13-10-19)31-14-6-2/h6,8-13,22-27H,2,5,7,14-16H2,1,3-4H3/b11-8+/t22-,23?,24?,25?,26+,27?/m0/s1. The van der Waals surface area contributed by atoms with E-state index in [0.717, 1.165) is 12.0 Å². The molecular formula is C27H34O9. The molecule has 2 saturated heterocycles. The summed E-state index contributed by atoms with van der Waals surface area (Å²) < 4.78 is 34.4. The highest BCUT2D eigenvalue weighted by atomic mass is 16.7. The Morgan fingerprint density at radius 3 is 2.39 bits per heavy atom.